The first-order chi connectivity index (χ1) is 8.93. The van der Waals surface area contributed by atoms with Crippen molar-refractivity contribution in [1.29, 1.82) is 0 Å². The van der Waals surface area contributed by atoms with Crippen molar-refractivity contribution < 1.29 is 14.6 Å². The van der Waals surface area contributed by atoms with Gasteiger partial charge in [-0.25, -0.2) is 0 Å². The van der Waals surface area contributed by atoms with Crippen molar-refractivity contribution in [3.63, 3.8) is 0 Å². The van der Waals surface area contributed by atoms with E-state index in [0.29, 0.717) is 28.8 Å². The molecule has 0 fully saturated rings. The summed E-state index contributed by atoms with van der Waals surface area (Å²) in [5.41, 5.74) is 1.76. The first-order valence-electron chi connectivity index (χ1n) is 6.23. The number of benzene rings is 1. The highest BCUT2D eigenvalue weighted by Crippen LogP contribution is 2.35. The predicted molar refractivity (Wildman–Crippen MR) is 77.5 cm³/mol. The zero-order valence-electron chi connectivity index (χ0n) is 11.1. The quantitative estimate of drug-likeness (QED) is 0.747. The van der Waals surface area contributed by atoms with Gasteiger partial charge in [0.05, 0.1) is 11.6 Å². The van der Waals surface area contributed by atoms with E-state index in [1.54, 1.807) is 0 Å². The Bertz CT molecular complexity index is 458. The molecule has 0 aromatic heterocycles. The van der Waals surface area contributed by atoms with Crippen LogP contribution in [0.1, 0.15) is 36.8 Å². The molecule has 0 spiro atoms. The van der Waals surface area contributed by atoms with Gasteiger partial charge in [-0.05, 0) is 50.3 Å². The topological polar surface area (TPSA) is 46.5 Å². The number of unbranched alkanes of at least 4 members (excludes halogenated alkanes) is 2. The lowest BCUT2D eigenvalue weighted by atomic mass is 10.1. The van der Waals surface area contributed by atoms with Gasteiger partial charge < -0.3 is 9.84 Å². The molecule has 106 valence electrons. The monoisotopic (exact) mass is 304 g/mol. The van der Waals surface area contributed by atoms with E-state index in [2.05, 4.69) is 0 Å². The SMILES string of the molecule is Cc1cc(OCCCCCC(=O)O)c(Cl)c(C)c1Cl. The van der Waals surface area contributed by atoms with Crippen LogP contribution in [0.3, 0.4) is 0 Å². The molecule has 0 amide bonds. The second-order valence-electron chi connectivity index (χ2n) is 4.50. The maximum Gasteiger partial charge on any atom is 0.303 e. The fourth-order valence-corrected chi connectivity index (χ4v) is 2.14. The van der Waals surface area contributed by atoms with E-state index in [4.69, 9.17) is 33.0 Å². The number of halogens is 2. The van der Waals surface area contributed by atoms with E-state index < -0.39 is 5.97 Å². The fraction of sp³-hybridized carbons (Fsp3) is 0.500. The molecular weight excluding hydrogens is 287 g/mol. The molecule has 0 saturated heterocycles. The first kappa shape index (κ1) is 16.1. The number of carboxylic acids is 1. The summed E-state index contributed by atoms with van der Waals surface area (Å²) in [4.78, 5) is 10.3. The number of rotatable bonds is 7. The van der Waals surface area contributed by atoms with Crippen LogP contribution >= 0.6 is 23.2 Å². The molecule has 0 bridgehead atoms. The average Bonchev–Trinajstić information content (AvgIpc) is 2.36. The lowest BCUT2D eigenvalue weighted by molar-refractivity contribution is -0.137. The number of aryl methyl sites for hydroxylation is 1. The Labute approximate surface area is 123 Å². The van der Waals surface area contributed by atoms with Crippen LogP contribution in [-0.2, 0) is 4.79 Å². The van der Waals surface area contributed by atoms with Crippen molar-refractivity contribution in [2.24, 2.45) is 0 Å². The third-order valence-electron chi connectivity index (χ3n) is 2.86. The van der Waals surface area contributed by atoms with E-state index in [1.165, 1.54) is 0 Å². The Morgan fingerprint density at radius 1 is 1.21 bits per heavy atom. The van der Waals surface area contributed by atoms with Crippen molar-refractivity contribution in [3.8, 4) is 5.75 Å². The standard InChI is InChI=1S/C14H18Cl2O3/c1-9-8-11(14(16)10(2)13(9)15)19-7-5-3-4-6-12(17)18/h8H,3-7H2,1-2H3,(H,17,18). The summed E-state index contributed by atoms with van der Waals surface area (Å²) in [5, 5.41) is 9.72. The van der Waals surface area contributed by atoms with Gasteiger partial charge in [-0.2, -0.15) is 0 Å². The number of carboxylic acid groups (broad SMARTS) is 1. The van der Waals surface area contributed by atoms with Gasteiger partial charge in [0, 0.05) is 11.4 Å². The maximum absolute atomic E-state index is 10.3. The average molecular weight is 305 g/mol. The number of aliphatic carboxylic acids is 1. The van der Waals surface area contributed by atoms with Crippen LogP contribution < -0.4 is 4.74 Å². The normalized spacial score (nSPS) is 10.5. The van der Waals surface area contributed by atoms with Gasteiger partial charge >= 0.3 is 5.97 Å². The van der Waals surface area contributed by atoms with Gasteiger partial charge in [0.1, 0.15) is 5.75 Å². The van der Waals surface area contributed by atoms with Crippen LogP contribution in [0.5, 0.6) is 5.75 Å². The number of hydrogen-bond acceptors (Lipinski definition) is 2. The molecule has 0 aliphatic rings. The summed E-state index contributed by atoms with van der Waals surface area (Å²) in [5.74, 6) is -0.118. The smallest absolute Gasteiger partial charge is 0.303 e. The summed E-state index contributed by atoms with van der Waals surface area (Å²) >= 11 is 12.3. The Morgan fingerprint density at radius 3 is 2.53 bits per heavy atom. The van der Waals surface area contributed by atoms with Crippen LogP contribution in [-0.4, -0.2) is 17.7 Å². The van der Waals surface area contributed by atoms with Crippen LogP contribution in [0, 0.1) is 13.8 Å². The van der Waals surface area contributed by atoms with E-state index >= 15 is 0 Å². The molecule has 0 heterocycles. The zero-order valence-corrected chi connectivity index (χ0v) is 12.6. The molecule has 1 rings (SSSR count). The van der Waals surface area contributed by atoms with Gasteiger partial charge in [0.2, 0.25) is 0 Å². The molecule has 1 aromatic carbocycles. The summed E-state index contributed by atoms with van der Waals surface area (Å²) in [7, 11) is 0. The van der Waals surface area contributed by atoms with E-state index in [0.717, 1.165) is 24.0 Å². The lowest BCUT2D eigenvalue weighted by Crippen LogP contribution is -2.00. The molecule has 19 heavy (non-hydrogen) atoms. The number of hydrogen-bond donors (Lipinski definition) is 1. The highest BCUT2D eigenvalue weighted by Gasteiger charge is 2.11. The second kappa shape index (κ2) is 7.61. The summed E-state index contributed by atoms with van der Waals surface area (Å²) in [6.07, 6.45) is 2.52. The third kappa shape index (κ3) is 4.92. The summed E-state index contributed by atoms with van der Waals surface area (Å²) in [6.45, 7) is 4.29. The minimum atomic E-state index is -0.757. The summed E-state index contributed by atoms with van der Waals surface area (Å²) < 4.78 is 5.62. The van der Waals surface area contributed by atoms with E-state index in [9.17, 15) is 4.79 Å². The van der Waals surface area contributed by atoms with Crippen molar-refractivity contribution >= 4 is 29.2 Å². The second-order valence-corrected chi connectivity index (χ2v) is 5.25. The third-order valence-corrected chi connectivity index (χ3v) is 3.91. The Balaban J connectivity index is 2.44. The van der Waals surface area contributed by atoms with Gasteiger partial charge in [0.15, 0.2) is 0 Å². The molecule has 0 aliphatic carbocycles. The molecule has 1 N–H and O–H groups in total. The van der Waals surface area contributed by atoms with E-state index in [-0.39, 0.29) is 6.42 Å². The molecular formula is C14H18Cl2O3. The van der Waals surface area contributed by atoms with E-state index in [1.807, 2.05) is 19.9 Å². The fourth-order valence-electron chi connectivity index (χ4n) is 1.74. The maximum atomic E-state index is 10.3. The Kier molecular flexibility index (Phi) is 6.46. The first-order valence-corrected chi connectivity index (χ1v) is 6.99. The van der Waals surface area contributed by atoms with Crippen LogP contribution in [0.4, 0.5) is 0 Å². The molecule has 0 radical (unpaired) electrons. The van der Waals surface area contributed by atoms with Gasteiger partial charge in [-0.1, -0.05) is 23.2 Å². The van der Waals surface area contributed by atoms with Crippen LogP contribution in [0.15, 0.2) is 6.07 Å². The predicted octanol–water partition coefficient (Wildman–Crippen LogP) is 4.63. The zero-order chi connectivity index (χ0) is 14.4. The van der Waals surface area contributed by atoms with Gasteiger partial charge in [0.25, 0.3) is 0 Å². The van der Waals surface area contributed by atoms with Crippen LogP contribution in [0.25, 0.3) is 0 Å². The van der Waals surface area contributed by atoms with Gasteiger partial charge in [-0.15, -0.1) is 0 Å². The largest absolute Gasteiger partial charge is 0.492 e. The molecule has 5 heteroatoms. The summed E-state index contributed by atoms with van der Waals surface area (Å²) in [6, 6.07) is 1.83. The van der Waals surface area contributed by atoms with Crippen molar-refractivity contribution in [3.05, 3.63) is 27.2 Å². The Hall–Kier alpha value is -0.930. The lowest BCUT2D eigenvalue weighted by Gasteiger charge is -2.12. The number of ether oxygens (including phenoxy) is 1. The highest BCUT2D eigenvalue weighted by molar-refractivity contribution is 6.37. The van der Waals surface area contributed by atoms with Crippen LogP contribution in [0.2, 0.25) is 10.0 Å². The number of carbonyl (C=O) groups is 1. The molecule has 0 atom stereocenters. The highest BCUT2D eigenvalue weighted by atomic mass is 35.5. The van der Waals surface area contributed by atoms with Crippen molar-refractivity contribution in [2.75, 3.05) is 6.61 Å². The molecule has 0 aliphatic heterocycles. The minimum absolute atomic E-state index is 0.208. The van der Waals surface area contributed by atoms with Crippen molar-refractivity contribution in [1.82, 2.24) is 0 Å². The van der Waals surface area contributed by atoms with Gasteiger partial charge in [-0.3, -0.25) is 4.79 Å². The molecule has 3 nitrogen and oxygen atoms in total. The molecule has 0 saturated carbocycles. The minimum Gasteiger partial charge on any atom is -0.492 e. The van der Waals surface area contributed by atoms with Crippen molar-refractivity contribution in [2.45, 2.75) is 39.5 Å². The molecule has 1 aromatic rings. The molecule has 0 unspecified atom stereocenters. The Morgan fingerprint density at radius 2 is 1.89 bits per heavy atom.